The second kappa shape index (κ2) is 9.49. The molecule has 1 aromatic heterocycles. The minimum Gasteiger partial charge on any atom is -0.451 e. The minimum absolute atomic E-state index is 0.0481. The maximum atomic E-state index is 12.4. The lowest BCUT2D eigenvalue weighted by molar-refractivity contribution is -0.120. The van der Waals surface area contributed by atoms with Crippen molar-refractivity contribution in [2.75, 3.05) is 11.9 Å². The molecule has 0 atom stereocenters. The zero-order chi connectivity index (χ0) is 21.6. The van der Waals surface area contributed by atoms with Crippen molar-refractivity contribution in [1.29, 1.82) is 0 Å². The number of nitrogens with one attached hydrogen (secondary N) is 2. The van der Waals surface area contributed by atoms with Crippen molar-refractivity contribution in [3.8, 4) is 0 Å². The van der Waals surface area contributed by atoms with Crippen LogP contribution in [0.15, 0.2) is 83.3 Å². The van der Waals surface area contributed by atoms with Crippen LogP contribution in [0.25, 0.3) is 11.0 Å². The highest BCUT2D eigenvalue weighted by atomic mass is 35.5. The van der Waals surface area contributed by atoms with Crippen molar-refractivity contribution in [2.45, 2.75) is 12.8 Å². The maximum Gasteiger partial charge on any atom is 0.291 e. The molecule has 0 saturated carbocycles. The van der Waals surface area contributed by atoms with E-state index >= 15 is 0 Å². The predicted octanol–water partition coefficient (Wildman–Crippen LogP) is 5.24. The third-order valence-electron chi connectivity index (χ3n) is 4.87. The van der Waals surface area contributed by atoms with Gasteiger partial charge in [-0.05, 0) is 53.9 Å². The molecule has 4 aromatic rings. The number of anilines is 1. The number of hydrogen-bond acceptors (Lipinski definition) is 3. The van der Waals surface area contributed by atoms with Crippen molar-refractivity contribution in [2.24, 2.45) is 0 Å². The van der Waals surface area contributed by atoms with Crippen LogP contribution in [0.1, 0.15) is 21.7 Å². The van der Waals surface area contributed by atoms with E-state index in [1.54, 1.807) is 18.2 Å². The Kier molecular flexibility index (Phi) is 6.34. The Labute approximate surface area is 185 Å². The number of halogens is 1. The highest BCUT2D eigenvalue weighted by molar-refractivity contribution is 6.30. The lowest BCUT2D eigenvalue weighted by Gasteiger charge is -2.07. The van der Waals surface area contributed by atoms with Crippen LogP contribution in [-0.2, 0) is 17.6 Å². The summed E-state index contributed by atoms with van der Waals surface area (Å²) in [6, 6.07) is 24.0. The van der Waals surface area contributed by atoms with Gasteiger partial charge in [-0.15, -0.1) is 0 Å². The summed E-state index contributed by atoms with van der Waals surface area (Å²) in [7, 11) is 0. The molecule has 0 aliphatic heterocycles. The van der Waals surface area contributed by atoms with Crippen molar-refractivity contribution in [1.82, 2.24) is 5.32 Å². The summed E-state index contributed by atoms with van der Waals surface area (Å²) in [4.78, 5) is 24.6. The SMILES string of the molecule is O=C(Cc1ccc(NC(=O)c2cc3ccccc3o2)cc1)NCCc1ccc(Cl)cc1. The molecule has 0 radical (unpaired) electrons. The summed E-state index contributed by atoms with van der Waals surface area (Å²) in [6.07, 6.45) is 1.02. The molecule has 0 unspecified atom stereocenters. The van der Waals surface area contributed by atoms with Crippen LogP contribution in [-0.4, -0.2) is 18.4 Å². The Morgan fingerprint density at radius 3 is 2.32 bits per heavy atom. The molecule has 6 heteroatoms. The molecule has 1 heterocycles. The molecule has 0 spiro atoms. The number of carbonyl (C=O) groups excluding carboxylic acids is 2. The van der Waals surface area contributed by atoms with Crippen molar-refractivity contribution < 1.29 is 14.0 Å². The lowest BCUT2D eigenvalue weighted by Crippen LogP contribution is -2.27. The van der Waals surface area contributed by atoms with Crippen LogP contribution in [0.3, 0.4) is 0 Å². The summed E-state index contributed by atoms with van der Waals surface area (Å²) < 4.78 is 5.58. The summed E-state index contributed by atoms with van der Waals surface area (Å²) in [5, 5.41) is 7.31. The van der Waals surface area contributed by atoms with Gasteiger partial charge >= 0.3 is 0 Å². The van der Waals surface area contributed by atoms with Gasteiger partial charge in [-0.1, -0.05) is 54.1 Å². The number of benzene rings is 3. The number of hydrogen-bond donors (Lipinski definition) is 2. The van der Waals surface area contributed by atoms with Crippen LogP contribution < -0.4 is 10.6 Å². The Bertz CT molecular complexity index is 1160. The summed E-state index contributed by atoms with van der Waals surface area (Å²) in [6.45, 7) is 0.562. The largest absolute Gasteiger partial charge is 0.451 e. The second-order valence-electron chi connectivity index (χ2n) is 7.20. The van der Waals surface area contributed by atoms with Gasteiger partial charge in [-0.25, -0.2) is 0 Å². The molecular formula is C25H21ClN2O3. The number of fused-ring (bicyclic) bond motifs is 1. The van der Waals surface area contributed by atoms with Crippen LogP contribution in [0.4, 0.5) is 5.69 Å². The first-order chi connectivity index (χ1) is 15.1. The third kappa shape index (κ3) is 5.53. The zero-order valence-corrected chi connectivity index (χ0v) is 17.5. The highest BCUT2D eigenvalue weighted by Gasteiger charge is 2.12. The van der Waals surface area contributed by atoms with Gasteiger partial charge in [-0.2, -0.15) is 0 Å². The predicted molar refractivity (Wildman–Crippen MR) is 122 cm³/mol. The molecule has 0 saturated heterocycles. The van der Waals surface area contributed by atoms with Gasteiger partial charge in [0.05, 0.1) is 6.42 Å². The van der Waals surface area contributed by atoms with Gasteiger partial charge in [-0.3, -0.25) is 9.59 Å². The van der Waals surface area contributed by atoms with E-state index in [0.717, 1.165) is 22.9 Å². The molecule has 0 fully saturated rings. The summed E-state index contributed by atoms with van der Waals surface area (Å²) in [5.41, 5.74) is 3.29. The van der Waals surface area contributed by atoms with Crippen LogP contribution in [0, 0.1) is 0 Å². The van der Waals surface area contributed by atoms with Gasteiger partial charge in [0.15, 0.2) is 5.76 Å². The fraction of sp³-hybridized carbons (Fsp3) is 0.120. The first kappa shape index (κ1) is 20.7. The molecule has 4 rings (SSSR count). The van der Waals surface area contributed by atoms with E-state index in [1.165, 1.54) is 0 Å². The standard InChI is InChI=1S/C25H21ClN2O3/c26-20-9-5-17(6-10-20)13-14-27-24(29)15-18-7-11-21(12-8-18)28-25(30)23-16-19-3-1-2-4-22(19)31-23/h1-12,16H,13-15H2,(H,27,29)(H,28,30). The molecule has 0 aliphatic rings. The second-order valence-corrected chi connectivity index (χ2v) is 7.64. The average molecular weight is 433 g/mol. The maximum absolute atomic E-state index is 12.4. The molecule has 31 heavy (non-hydrogen) atoms. The van der Waals surface area contributed by atoms with E-state index in [0.29, 0.717) is 22.8 Å². The number of rotatable bonds is 7. The minimum atomic E-state index is -0.316. The Balaban J connectivity index is 1.26. The molecule has 5 nitrogen and oxygen atoms in total. The van der Waals surface area contributed by atoms with Gasteiger partial charge < -0.3 is 15.1 Å². The van der Waals surface area contributed by atoms with E-state index in [-0.39, 0.29) is 24.0 Å². The third-order valence-corrected chi connectivity index (χ3v) is 5.13. The van der Waals surface area contributed by atoms with Gasteiger partial charge in [0.1, 0.15) is 5.58 Å². The number of amides is 2. The van der Waals surface area contributed by atoms with Crippen molar-refractivity contribution in [3.63, 3.8) is 0 Å². The van der Waals surface area contributed by atoms with E-state index in [4.69, 9.17) is 16.0 Å². The van der Waals surface area contributed by atoms with E-state index in [9.17, 15) is 9.59 Å². The van der Waals surface area contributed by atoms with Crippen LogP contribution in [0.2, 0.25) is 5.02 Å². The van der Waals surface area contributed by atoms with Gasteiger partial charge in [0, 0.05) is 22.6 Å². The molecule has 156 valence electrons. The lowest BCUT2D eigenvalue weighted by atomic mass is 10.1. The molecule has 2 N–H and O–H groups in total. The average Bonchev–Trinajstić information content (AvgIpc) is 3.21. The smallest absolute Gasteiger partial charge is 0.291 e. The molecular weight excluding hydrogens is 412 g/mol. The molecule has 2 amide bonds. The first-order valence-electron chi connectivity index (χ1n) is 9.97. The number of para-hydroxylation sites is 1. The van der Waals surface area contributed by atoms with Gasteiger partial charge in [0.25, 0.3) is 5.91 Å². The summed E-state index contributed by atoms with van der Waals surface area (Å²) >= 11 is 5.88. The quantitative estimate of drug-likeness (QED) is 0.419. The fourth-order valence-electron chi connectivity index (χ4n) is 3.24. The fourth-order valence-corrected chi connectivity index (χ4v) is 3.36. The topological polar surface area (TPSA) is 71.3 Å². The Morgan fingerprint density at radius 1 is 0.871 bits per heavy atom. The normalized spacial score (nSPS) is 10.7. The van der Waals surface area contributed by atoms with Crippen molar-refractivity contribution >= 4 is 40.1 Å². The summed E-state index contributed by atoms with van der Waals surface area (Å²) in [5.74, 6) is -0.109. The van der Waals surface area contributed by atoms with E-state index in [2.05, 4.69) is 10.6 Å². The van der Waals surface area contributed by atoms with Crippen LogP contribution >= 0.6 is 11.6 Å². The van der Waals surface area contributed by atoms with E-state index in [1.807, 2.05) is 60.7 Å². The van der Waals surface area contributed by atoms with E-state index < -0.39 is 0 Å². The first-order valence-corrected chi connectivity index (χ1v) is 10.3. The molecule has 0 aliphatic carbocycles. The molecule has 0 bridgehead atoms. The van der Waals surface area contributed by atoms with Crippen molar-refractivity contribution in [3.05, 3.63) is 101 Å². The molecule has 3 aromatic carbocycles. The monoisotopic (exact) mass is 432 g/mol. The number of carbonyl (C=O) groups is 2. The Morgan fingerprint density at radius 2 is 1.58 bits per heavy atom. The van der Waals surface area contributed by atoms with Crippen LogP contribution in [0.5, 0.6) is 0 Å². The number of furan rings is 1. The zero-order valence-electron chi connectivity index (χ0n) is 16.7. The Hall–Kier alpha value is -3.57. The van der Waals surface area contributed by atoms with Gasteiger partial charge in [0.2, 0.25) is 5.91 Å². The highest BCUT2D eigenvalue weighted by Crippen LogP contribution is 2.20.